The smallest absolute Gasteiger partial charge is 0.237 e. The molecule has 2 saturated heterocycles. The summed E-state index contributed by atoms with van der Waals surface area (Å²) in [6.45, 7) is 7.80. The Bertz CT molecular complexity index is 2070. The molecule has 0 N–H and O–H groups in total. The van der Waals surface area contributed by atoms with Gasteiger partial charge in [-0.1, -0.05) is 18.2 Å². The molecule has 4 aromatic rings. The predicted molar refractivity (Wildman–Crippen MR) is 192 cm³/mol. The van der Waals surface area contributed by atoms with Gasteiger partial charge in [0.05, 0.1) is 35.9 Å². The molecule has 1 spiro atoms. The van der Waals surface area contributed by atoms with Crippen LogP contribution in [0, 0.1) is 11.2 Å². The first-order chi connectivity index (χ1) is 24.7. The number of anilines is 1. The van der Waals surface area contributed by atoms with Gasteiger partial charge in [-0.25, -0.2) is 14.4 Å². The number of ether oxygens (including phenoxy) is 1. The molecule has 2 fully saturated rings. The van der Waals surface area contributed by atoms with E-state index in [9.17, 15) is 14.0 Å². The van der Waals surface area contributed by atoms with Crippen LogP contribution in [-0.4, -0.2) is 92.4 Å². The first kappa shape index (κ1) is 32.9. The fraction of sp³-hybridized carbons (Fsp3) is 0.385. The summed E-state index contributed by atoms with van der Waals surface area (Å²) in [4.78, 5) is 46.8. The normalized spacial score (nSPS) is 20.4. The highest BCUT2D eigenvalue weighted by atomic mass is 19.1. The van der Waals surface area contributed by atoms with Gasteiger partial charge in [0.1, 0.15) is 12.1 Å². The van der Waals surface area contributed by atoms with Gasteiger partial charge in [-0.2, -0.15) is 5.10 Å². The van der Waals surface area contributed by atoms with Crippen LogP contribution in [0.25, 0.3) is 17.0 Å². The van der Waals surface area contributed by atoms with E-state index >= 15 is 0 Å². The predicted octanol–water partition coefficient (Wildman–Crippen LogP) is 4.90. The first-order valence-electron chi connectivity index (χ1n) is 17.6. The van der Waals surface area contributed by atoms with Gasteiger partial charge in [-0.15, -0.1) is 0 Å². The Kier molecular flexibility index (Phi) is 8.49. The number of amides is 2. The minimum Gasteiger partial charge on any atom is -0.475 e. The maximum Gasteiger partial charge on any atom is 0.237 e. The molecule has 6 heterocycles. The third-order valence-electron chi connectivity index (χ3n) is 10.5. The average molecular weight is 689 g/mol. The second kappa shape index (κ2) is 13.1. The number of rotatable bonds is 8. The molecule has 2 aromatic carbocycles. The molecule has 0 saturated carbocycles. The van der Waals surface area contributed by atoms with Gasteiger partial charge in [0, 0.05) is 62.3 Å². The second-order valence-corrected chi connectivity index (χ2v) is 14.3. The summed E-state index contributed by atoms with van der Waals surface area (Å²) in [5.41, 5.74) is 6.55. The number of pyridine rings is 1. The Labute approximate surface area is 296 Å². The highest BCUT2D eigenvalue weighted by Crippen LogP contribution is 2.43. The van der Waals surface area contributed by atoms with E-state index in [1.807, 2.05) is 54.0 Å². The van der Waals surface area contributed by atoms with E-state index in [-0.39, 0.29) is 30.3 Å². The molecular formula is C39H41FN8O3. The molecule has 4 aliphatic heterocycles. The fourth-order valence-corrected chi connectivity index (χ4v) is 7.77. The SMILES string of the molecule is CC(C)Oc1ccc(C2=NCc3ccc(N4CC[C@]5(CCN(CC(=O)N6CC=C(c7ccc(-c8ncn(C)n8)c(F)c7)CC6)C5)C4=O)cc32)cn1. The van der Waals surface area contributed by atoms with Crippen molar-refractivity contribution in [3.63, 3.8) is 0 Å². The van der Waals surface area contributed by atoms with Crippen molar-refractivity contribution in [2.75, 3.05) is 44.2 Å². The van der Waals surface area contributed by atoms with Crippen LogP contribution >= 0.6 is 0 Å². The number of aryl methyl sites for hydroxylation is 1. The maximum atomic E-state index is 15.0. The second-order valence-electron chi connectivity index (χ2n) is 14.3. The third kappa shape index (κ3) is 6.33. The minimum atomic E-state index is -0.484. The van der Waals surface area contributed by atoms with Crippen molar-refractivity contribution in [1.29, 1.82) is 0 Å². The van der Waals surface area contributed by atoms with E-state index < -0.39 is 5.41 Å². The Balaban J connectivity index is 0.881. The molecule has 1 atom stereocenters. The Morgan fingerprint density at radius 2 is 1.84 bits per heavy atom. The Morgan fingerprint density at radius 3 is 2.57 bits per heavy atom. The largest absolute Gasteiger partial charge is 0.475 e. The van der Waals surface area contributed by atoms with Crippen molar-refractivity contribution >= 4 is 28.8 Å². The number of fused-ring (bicyclic) bond motifs is 1. The van der Waals surface area contributed by atoms with Crippen LogP contribution < -0.4 is 9.64 Å². The zero-order valence-corrected chi connectivity index (χ0v) is 29.2. The lowest BCUT2D eigenvalue weighted by Crippen LogP contribution is -2.43. The number of likely N-dealkylation sites (tertiary alicyclic amines) is 1. The van der Waals surface area contributed by atoms with Crippen molar-refractivity contribution in [3.8, 4) is 17.3 Å². The fourth-order valence-electron chi connectivity index (χ4n) is 7.77. The number of aliphatic imine (C=N–C) groups is 1. The van der Waals surface area contributed by atoms with Gasteiger partial charge in [-0.3, -0.25) is 24.2 Å². The lowest BCUT2D eigenvalue weighted by atomic mass is 9.85. The van der Waals surface area contributed by atoms with Crippen molar-refractivity contribution in [1.82, 2.24) is 29.5 Å². The van der Waals surface area contributed by atoms with E-state index in [4.69, 9.17) is 9.73 Å². The molecule has 0 bridgehead atoms. The molecule has 4 aliphatic rings. The molecule has 12 heteroatoms. The van der Waals surface area contributed by atoms with Crippen LogP contribution in [0.2, 0.25) is 0 Å². The quantitative estimate of drug-likeness (QED) is 0.259. The van der Waals surface area contributed by atoms with Crippen LogP contribution in [-0.2, 0) is 23.2 Å². The third-order valence-corrected chi connectivity index (χ3v) is 10.5. The van der Waals surface area contributed by atoms with Crippen molar-refractivity contribution in [2.24, 2.45) is 17.5 Å². The molecule has 2 aromatic heterocycles. The number of aromatic nitrogens is 4. The molecule has 0 unspecified atom stereocenters. The summed E-state index contributed by atoms with van der Waals surface area (Å²) in [5, 5.41) is 4.20. The number of halogens is 1. The number of hydrogen-bond acceptors (Lipinski definition) is 8. The number of nitrogens with zero attached hydrogens (tertiary/aromatic N) is 8. The maximum absolute atomic E-state index is 15.0. The molecular weight excluding hydrogens is 647 g/mol. The van der Waals surface area contributed by atoms with Gasteiger partial charge in [0.25, 0.3) is 0 Å². The van der Waals surface area contributed by atoms with Crippen molar-refractivity contribution < 1.29 is 18.7 Å². The Hall–Kier alpha value is -5.23. The summed E-state index contributed by atoms with van der Waals surface area (Å²) < 4.78 is 22.2. The summed E-state index contributed by atoms with van der Waals surface area (Å²) in [7, 11) is 1.75. The van der Waals surface area contributed by atoms with Gasteiger partial charge in [0.2, 0.25) is 17.7 Å². The summed E-state index contributed by atoms with van der Waals surface area (Å²) in [6, 6.07) is 15.2. The molecule has 8 rings (SSSR count). The number of carbonyl (C=O) groups is 2. The molecule has 11 nitrogen and oxygen atoms in total. The van der Waals surface area contributed by atoms with Gasteiger partial charge < -0.3 is 14.5 Å². The highest BCUT2D eigenvalue weighted by Gasteiger charge is 2.51. The highest BCUT2D eigenvalue weighted by molar-refractivity contribution is 6.16. The number of carbonyl (C=O) groups excluding carboxylic acids is 2. The van der Waals surface area contributed by atoms with Crippen LogP contribution in [0.1, 0.15) is 55.4 Å². The average Bonchev–Trinajstić information content (AvgIpc) is 3.92. The van der Waals surface area contributed by atoms with E-state index in [0.29, 0.717) is 63.0 Å². The van der Waals surface area contributed by atoms with Gasteiger partial charge in [0.15, 0.2) is 5.82 Å². The van der Waals surface area contributed by atoms with E-state index in [1.165, 1.54) is 6.07 Å². The van der Waals surface area contributed by atoms with Gasteiger partial charge in [-0.05, 0) is 86.7 Å². The topological polar surface area (TPSA) is 109 Å². The van der Waals surface area contributed by atoms with Crippen molar-refractivity contribution in [3.05, 3.63) is 95.2 Å². The van der Waals surface area contributed by atoms with Crippen LogP contribution in [0.5, 0.6) is 5.88 Å². The number of benzene rings is 2. The first-order valence-corrected chi connectivity index (χ1v) is 17.6. The van der Waals surface area contributed by atoms with Gasteiger partial charge >= 0.3 is 0 Å². The van der Waals surface area contributed by atoms with Crippen molar-refractivity contribution in [2.45, 2.75) is 45.8 Å². The summed E-state index contributed by atoms with van der Waals surface area (Å²) in [6.07, 6.45) is 7.55. The molecule has 2 amide bonds. The van der Waals surface area contributed by atoms with Crippen LogP contribution in [0.3, 0.4) is 0 Å². The molecule has 51 heavy (non-hydrogen) atoms. The van der Waals surface area contributed by atoms with Crippen LogP contribution in [0.15, 0.2) is 72.1 Å². The van der Waals surface area contributed by atoms with E-state index in [1.54, 1.807) is 30.3 Å². The molecule has 0 aliphatic carbocycles. The van der Waals surface area contributed by atoms with Crippen LogP contribution in [0.4, 0.5) is 10.1 Å². The molecule has 262 valence electrons. The zero-order chi connectivity index (χ0) is 35.3. The monoisotopic (exact) mass is 688 g/mol. The minimum absolute atomic E-state index is 0.0477. The van der Waals surface area contributed by atoms with E-state index in [0.717, 1.165) is 52.1 Å². The lowest BCUT2D eigenvalue weighted by molar-refractivity contribution is -0.132. The zero-order valence-electron chi connectivity index (χ0n) is 29.2. The standard InChI is InChI=1S/C39H41FN8O3/c1-25(2)51-34-9-6-29(21-41-34)36-32-19-30(7-4-28(32)20-42-36)48-17-13-39(38(48)50)12-16-46(23-39)22-35(49)47-14-10-26(11-15-47)27-5-8-31(33(40)18-27)37-43-24-45(3)44-37/h4-10,18-19,21,24-25H,11-17,20,22-23H2,1-3H3/t39-/m0/s1. The number of hydrogen-bond donors (Lipinski definition) is 0. The summed E-state index contributed by atoms with van der Waals surface area (Å²) >= 11 is 0. The summed E-state index contributed by atoms with van der Waals surface area (Å²) in [5.74, 6) is 0.752. The van der Waals surface area contributed by atoms with E-state index in [2.05, 4.69) is 32.1 Å². The lowest BCUT2D eigenvalue weighted by Gasteiger charge is -2.29. The molecule has 0 radical (unpaired) electrons. The Morgan fingerprint density at radius 1 is 1.00 bits per heavy atom.